The van der Waals surface area contributed by atoms with Gasteiger partial charge in [-0.25, -0.2) is 4.98 Å². The predicted molar refractivity (Wildman–Crippen MR) is 103 cm³/mol. The van der Waals surface area contributed by atoms with Crippen LogP contribution in [-0.4, -0.2) is 30.2 Å². The normalized spacial score (nSPS) is 16.1. The number of carbonyl (C=O) groups excluding carboxylic acids is 1. The maximum Gasteiger partial charge on any atom is 0.222 e. The van der Waals surface area contributed by atoms with E-state index < -0.39 is 0 Å². The van der Waals surface area contributed by atoms with E-state index in [9.17, 15) is 4.79 Å². The molecule has 0 unspecified atom stereocenters. The van der Waals surface area contributed by atoms with Gasteiger partial charge in [0.05, 0.1) is 17.1 Å². The van der Waals surface area contributed by atoms with E-state index in [0.717, 1.165) is 22.7 Å². The zero-order chi connectivity index (χ0) is 18.8. The number of nitrogens with zero attached hydrogens (tertiary/aromatic N) is 5. The monoisotopic (exact) mass is 366 g/mol. The van der Waals surface area contributed by atoms with Crippen LogP contribution in [0.4, 0.5) is 0 Å². The summed E-state index contributed by atoms with van der Waals surface area (Å²) >= 11 is 0. The third kappa shape index (κ3) is 3.59. The van der Waals surface area contributed by atoms with Crippen molar-refractivity contribution in [3.63, 3.8) is 0 Å². The van der Waals surface area contributed by atoms with E-state index >= 15 is 0 Å². The van der Waals surface area contributed by atoms with E-state index in [0.29, 0.717) is 19.0 Å². The highest BCUT2D eigenvalue weighted by Crippen LogP contribution is 2.31. The molecule has 0 aliphatic heterocycles. The minimum Gasteiger partial charge on any atom is -0.346 e. The molecule has 0 saturated heterocycles. The lowest BCUT2D eigenvalue weighted by Gasteiger charge is -2.19. The average Bonchev–Trinajstić information content (AvgIpc) is 3.38. The molecule has 27 heavy (non-hydrogen) atoms. The predicted octanol–water partition coefficient (Wildman–Crippen LogP) is 3.32. The zero-order valence-corrected chi connectivity index (χ0v) is 15.9. The Morgan fingerprint density at radius 3 is 2.89 bits per heavy atom. The lowest BCUT2D eigenvalue weighted by atomic mass is 10.2. The fourth-order valence-electron chi connectivity index (χ4n) is 4.10. The van der Waals surface area contributed by atoms with Crippen molar-refractivity contribution >= 4 is 16.9 Å². The van der Waals surface area contributed by atoms with Crippen LogP contribution in [0.5, 0.6) is 0 Å². The molecule has 1 N–H and O–H groups in total. The summed E-state index contributed by atoms with van der Waals surface area (Å²) in [5.74, 6) is 1.79. The third-order valence-electron chi connectivity index (χ3n) is 5.49. The van der Waals surface area contributed by atoms with Crippen LogP contribution in [0.1, 0.15) is 62.8 Å². The summed E-state index contributed by atoms with van der Waals surface area (Å²) in [5.41, 5.74) is 2.03. The number of amides is 1. The maximum atomic E-state index is 12.5. The molecule has 3 aromatic rings. The number of hydrogen-bond acceptors (Lipinski definition) is 4. The van der Waals surface area contributed by atoms with E-state index in [1.54, 1.807) is 6.33 Å². The van der Waals surface area contributed by atoms with Gasteiger partial charge >= 0.3 is 0 Å². The van der Waals surface area contributed by atoms with Gasteiger partial charge in [0.1, 0.15) is 12.2 Å². The summed E-state index contributed by atoms with van der Waals surface area (Å²) in [6, 6.07) is 8.33. The minimum absolute atomic E-state index is 0.0145. The van der Waals surface area contributed by atoms with Crippen molar-refractivity contribution in [1.29, 1.82) is 0 Å². The molecule has 1 amide bonds. The van der Waals surface area contributed by atoms with Gasteiger partial charge in [-0.1, -0.05) is 25.0 Å². The highest BCUT2D eigenvalue weighted by Gasteiger charge is 2.23. The van der Waals surface area contributed by atoms with Gasteiger partial charge in [0, 0.05) is 19.0 Å². The number of fused-ring (bicyclic) bond motifs is 1. The molecule has 2 aromatic heterocycles. The molecule has 2 heterocycles. The van der Waals surface area contributed by atoms with Crippen molar-refractivity contribution in [3.05, 3.63) is 42.2 Å². The van der Waals surface area contributed by atoms with Crippen LogP contribution in [0.15, 0.2) is 30.6 Å². The zero-order valence-electron chi connectivity index (χ0n) is 15.9. The molecule has 7 heteroatoms. The van der Waals surface area contributed by atoms with Crippen molar-refractivity contribution in [2.45, 2.75) is 64.6 Å². The van der Waals surface area contributed by atoms with Gasteiger partial charge in [-0.3, -0.25) is 4.79 Å². The summed E-state index contributed by atoms with van der Waals surface area (Å²) in [6.07, 6.45) is 7.04. The quantitative estimate of drug-likeness (QED) is 0.726. The number of rotatable bonds is 6. The van der Waals surface area contributed by atoms with Crippen LogP contribution in [-0.2, 0) is 11.3 Å². The first-order valence-electron chi connectivity index (χ1n) is 9.74. The molecule has 1 atom stereocenters. The van der Waals surface area contributed by atoms with Crippen LogP contribution in [0.2, 0.25) is 0 Å². The number of aromatic nitrogens is 5. The van der Waals surface area contributed by atoms with Gasteiger partial charge in [0.2, 0.25) is 5.91 Å². The summed E-state index contributed by atoms with van der Waals surface area (Å²) < 4.78 is 4.24. The van der Waals surface area contributed by atoms with Crippen molar-refractivity contribution in [2.24, 2.45) is 0 Å². The number of aryl methyl sites for hydroxylation is 2. The molecular weight excluding hydrogens is 340 g/mol. The van der Waals surface area contributed by atoms with Crippen LogP contribution in [0.3, 0.4) is 0 Å². The number of nitrogens with one attached hydrogen (secondary N) is 1. The Morgan fingerprint density at radius 1 is 1.30 bits per heavy atom. The third-order valence-corrected chi connectivity index (χ3v) is 5.49. The first-order chi connectivity index (χ1) is 13.1. The van der Waals surface area contributed by atoms with Crippen molar-refractivity contribution in [2.75, 3.05) is 0 Å². The van der Waals surface area contributed by atoms with Gasteiger partial charge < -0.3 is 14.5 Å². The lowest BCUT2D eigenvalue weighted by molar-refractivity contribution is -0.122. The highest BCUT2D eigenvalue weighted by molar-refractivity contribution is 5.78. The van der Waals surface area contributed by atoms with Crippen LogP contribution in [0, 0.1) is 6.92 Å². The van der Waals surface area contributed by atoms with E-state index in [1.807, 2.05) is 38.1 Å². The summed E-state index contributed by atoms with van der Waals surface area (Å²) in [4.78, 5) is 17.1. The number of imidazole rings is 1. The molecule has 0 bridgehead atoms. The largest absolute Gasteiger partial charge is 0.346 e. The minimum atomic E-state index is -0.152. The van der Waals surface area contributed by atoms with E-state index in [-0.39, 0.29) is 11.9 Å². The van der Waals surface area contributed by atoms with E-state index in [4.69, 9.17) is 0 Å². The second-order valence-electron chi connectivity index (χ2n) is 7.37. The summed E-state index contributed by atoms with van der Waals surface area (Å²) in [6.45, 7) is 4.57. The van der Waals surface area contributed by atoms with Gasteiger partial charge in [0.25, 0.3) is 0 Å². The number of benzene rings is 1. The highest BCUT2D eigenvalue weighted by atomic mass is 16.1. The molecule has 1 aromatic carbocycles. The fourth-order valence-corrected chi connectivity index (χ4v) is 4.10. The lowest BCUT2D eigenvalue weighted by Crippen LogP contribution is -2.30. The first kappa shape index (κ1) is 17.7. The van der Waals surface area contributed by atoms with Crippen LogP contribution < -0.4 is 5.32 Å². The molecule has 0 spiro atoms. The Bertz CT molecular complexity index is 937. The van der Waals surface area contributed by atoms with Gasteiger partial charge in [-0.15, -0.1) is 10.2 Å². The van der Waals surface area contributed by atoms with Crippen LogP contribution in [0.25, 0.3) is 11.0 Å². The van der Waals surface area contributed by atoms with Crippen molar-refractivity contribution < 1.29 is 4.79 Å². The molecule has 142 valence electrons. The average molecular weight is 366 g/mol. The molecule has 1 aliphatic rings. The van der Waals surface area contributed by atoms with Gasteiger partial charge in [0.15, 0.2) is 5.82 Å². The Morgan fingerprint density at radius 2 is 2.07 bits per heavy atom. The Hall–Kier alpha value is -2.70. The topological polar surface area (TPSA) is 77.6 Å². The molecule has 7 nitrogen and oxygen atoms in total. The van der Waals surface area contributed by atoms with Crippen molar-refractivity contribution in [3.8, 4) is 0 Å². The van der Waals surface area contributed by atoms with Gasteiger partial charge in [-0.2, -0.15) is 0 Å². The molecule has 1 saturated carbocycles. The number of para-hydroxylation sites is 2. The molecule has 1 fully saturated rings. The SMILES string of the molecule is Cc1nc2ccccc2n1CCC(=O)N[C@H](C)c1nncn1C1CCCC1. The Balaban J connectivity index is 1.39. The molecule has 1 aliphatic carbocycles. The Kier molecular flexibility index (Phi) is 4.92. The molecule has 0 radical (unpaired) electrons. The summed E-state index contributed by atoms with van der Waals surface area (Å²) in [7, 11) is 0. The van der Waals surface area contributed by atoms with Gasteiger partial charge in [-0.05, 0) is 38.8 Å². The molecule has 4 rings (SSSR count). The first-order valence-corrected chi connectivity index (χ1v) is 9.74. The number of carbonyl (C=O) groups is 1. The van der Waals surface area contributed by atoms with Crippen molar-refractivity contribution in [1.82, 2.24) is 29.6 Å². The van der Waals surface area contributed by atoms with Crippen LogP contribution >= 0.6 is 0 Å². The second-order valence-corrected chi connectivity index (χ2v) is 7.37. The molecular formula is C20H26N6O. The van der Waals surface area contributed by atoms with E-state index in [1.165, 1.54) is 25.7 Å². The fraction of sp³-hybridized carbons (Fsp3) is 0.500. The smallest absolute Gasteiger partial charge is 0.222 e. The maximum absolute atomic E-state index is 12.5. The Labute approximate surface area is 158 Å². The van der Waals surface area contributed by atoms with E-state index in [2.05, 4.69) is 29.6 Å². The second kappa shape index (κ2) is 7.50. The standard InChI is InChI=1S/C20H26N6O/c1-14(20-24-21-13-26(20)16-7-3-4-8-16)22-19(27)11-12-25-15(2)23-17-9-5-6-10-18(17)25/h5-6,9-10,13-14,16H,3-4,7-8,11-12H2,1-2H3,(H,22,27)/t14-/m1/s1. The number of hydrogen-bond donors (Lipinski definition) is 1. The summed E-state index contributed by atoms with van der Waals surface area (Å²) in [5, 5.41) is 11.4.